The Kier molecular flexibility index (Phi) is 9.50. The number of anilines is 6. The summed E-state index contributed by atoms with van der Waals surface area (Å²) >= 11 is 0. The molecule has 0 saturated heterocycles. The van der Waals surface area contributed by atoms with Gasteiger partial charge in [0.15, 0.2) is 0 Å². The van der Waals surface area contributed by atoms with Crippen molar-refractivity contribution in [2.45, 2.75) is 24.7 Å². The zero-order valence-electron chi connectivity index (χ0n) is 40.3. The molecule has 2 nitrogen and oxygen atoms in total. The normalized spacial score (nSPS) is 13.9. The lowest BCUT2D eigenvalue weighted by Gasteiger charge is -2.45. The average Bonchev–Trinajstić information content (AvgIpc) is 3.86. The largest absolute Gasteiger partial charge is 0.310 e. The topological polar surface area (TPSA) is 6.48 Å². The van der Waals surface area contributed by atoms with E-state index in [2.05, 4.69) is 291 Å². The first kappa shape index (κ1) is 41.9. The van der Waals surface area contributed by atoms with E-state index in [1.165, 1.54) is 100 Å². The van der Waals surface area contributed by atoms with Gasteiger partial charge in [0.25, 0.3) is 0 Å². The van der Waals surface area contributed by atoms with Gasteiger partial charge in [-0.3, -0.25) is 0 Å². The number of benzene rings is 11. The van der Waals surface area contributed by atoms with Crippen LogP contribution in [0.3, 0.4) is 0 Å². The number of para-hydroxylation sites is 4. The SMILES string of the molecule is CC1(C)c2cc(-c3ccc4c(c3)-c3ccccc3C43c4ccccc4N(c4ccccc4)c4ccccc43)ccc2-c2ccc(N(c3ccc(-c4ccccc4)cc3)c3ccccc3-c3ccccc3)cc21. The van der Waals surface area contributed by atoms with E-state index in [0.29, 0.717) is 0 Å². The highest BCUT2D eigenvalue weighted by Gasteiger charge is 2.51. The molecule has 14 rings (SSSR count). The molecule has 0 unspecified atom stereocenters. The summed E-state index contributed by atoms with van der Waals surface area (Å²) in [6, 6.07) is 98.9. The summed E-state index contributed by atoms with van der Waals surface area (Å²) in [5, 5.41) is 0. The van der Waals surface area contributed by atoms with Gasteiger partial charge in [0.2, 0.25) is 0 Å². The third kappa shape index (κ3) is 6.22. The summed E-state index contributed by atoms with van der Waals surface area (Å²) in [4.78, 5) is 4.89. The Hall–Kier alpha value is -8.98. The fraction of sp³-hybridized carbons (Fsp3) is 0.0571. The number of nitrogens with zero attached hydrogens (tertiary/aromatic N) is 2. The van der Waals surface area contributed by atoms with E-state index in [0.717, 1.165) is 22.7 Å². The number of fused-ring (bicyclic) bond motifs is 12. The molecule has 2 aliphatic carbocycles. The zero-order chi connectivity index (χ0) is 48.0. The van der Waals surface area contributed by atoms with Crippen LogP contribution in [0.2, 0.25) is 0 Å². The van der Waals surface area contributed by atoms with Gasteiger partial charge in [0, 0.05) is 28.0 Å². The number of hydrogen-bond acceptors (Lipinski definition) is 2. The second kappa shape index (κ2) is 16.3. The molecule has 11 aromatic rings. The third-order valence-corrected chi connectivity index (χ3v) is 15.9. The van der Waals surface area contributed by atoms with Crippen LogP contribution in [0.4, 0.5) is 34.1 Å². The van der Waals surface area contributed by atoms with Gasteiger partial charge >= 0.3 is 0 Å². The van der Waals surface area contributed by atoms with Crippen molar-refractivity contribution in [3.63, 3.8) is 0 Å². The van der Waals surface area contributed by atoms with E-state index in [-0.39, 0.29) is 5.41 Å². The molecule has 0 N–H and O–H groups in total. The van der Waals surface area contributed by atoms with Crippen LogP contribution in [0, 0.1) is 0 Å². The molecule has 0 radical (unpaired) electrons. The monoisotopic (exact) mass is 918 g/mol. The van der Waals surface area contributed by atoms with Gasteiger partial charge in [-0.05, 0) is 150 Å². The smallest absolute Gasteiger partial charge is 0.0754 e. The van der Waals surface area contributed by atoms with Crippen LogP contribution in [0.25, 0.3) is 55.6 Å². The summed E-state index contributed by atoms with van der Waals surface area (Å²) in [6.45, 7) is 4.81. The molecular formula is C70H50N2. The fourth-order valence-corrected chi connectivity index (χ4v) is 12.6. The van der Waals surface area contributed by atoms with Gasteiger partial charge in [-0.1, -0.05) is 214 Å². The van der Waals surface area contributed by atoms with E-state index < -0.39 is 5.41 Å². The van der Waals surface area contributed by atoms with Crippen molar-refractivity contribution in [3.8, 4) is 55.6 Å². The van der Waals surface area contributed by atoms with Gasteiger partial charge in [-0.15, -0.1) is 0 Å². The number of hydrogen-bond donors (Lipinski definition) is 0. The molecule has 0 bridgehead atoms. The van der Waals surface area contributed by atoms with Crippen molar-refractivity contribution < 1.29 is 0 Å². The fourth-order valence-electron chi connectivity index (χ4n) is 12.6. The maximum absolute atomic E-state index is 2.47. The Bertz CT molecular complexity index is 3840. The molecule has 0 aromatic heterocycles. The van der Waals surface area contributed by atoms with Gasteiger partial charge in [-0.2, -0.15) is 0 Å². The summed E-state index contributed by atoms with van der Waals surface area (Å²) in [5.41, 5.74) is 26.6. The minimum absolute atomic E-state index is 0.258. The van der Waals surface area contributed by atoms with Gasteiger partial charge in [0.05, 0.1) is 22.5 Å². The Labute approximate surface area is 422 Å². The first-order valence-corrected chi connectivity index (χ1v) is 25.2. The van der Waals surface area contributed by atoms with Gasteiger partial charge in [-0.25, -0.2) is 0 Å². The lowest BCUT2D eigenvalue weighted by molar-refractivity contribution is 0.660. The molecule has 340 valence electrons. The standard InChI is InChI=1S/C70H50N2/c1-69(2)64-45-51(50-37-43-61-59(44-50)56-27-12-14-28-60(56)70(61)62-29-15-18-32-67(62)72(52-24-10-5-11-25-52)68-33-19-16-30-63(68)70)36-41-57(64)58-42-40-54(46-65(58)69)71(53-38-34-48(35-39-53)47-20-6-3-7-21-47)66-31-17-13-26-55(66)49-22-8-4-9-23-49/h3-46H,1-2H3. The second-order valence-corrected chi connectivity index (χ2v) is 20.0. The molecule has 11 aromatic carbocycles. The lowest BCUT2D eigenvalue weighted by atomic mass is 9.64. The average molecular weight is 919 g/mol. The van der Waals surface area contributed by atoms with E-state index in [1.807, 2.05) is 0 Å². The Morgan fingerprint density at radius 3 is 1.44 bits per heavy atom. The molecular weight excluding hydrogens is 869 g/mol. The third-order valence-electron chi connectivity index (χ3n) is 15.9. The van der Waals surface area contributed by atoms with Crippen molar-refractivity contribution in [2.24, 2.45) is 0 Å². The Balaban J connectivity index is 0.874. The second-order valence-electron chi connectivity index (χ2n) is 20.0. The summed E-state index contributed by atoms with van der Waals surface area (Å²) < 4.78 is 0. The zero-order valence-corrected chi connectivity index (χ0v) is 40.3. The van der Waals surface area contributed by atoms with E-state index >= 15 is 0 Å². The van der Waals surface area contributed by atoms with E-state index in [4.69, 9.17) is 0 Å². The molecule has 1 aliphatic heterocycles. The molecule has 0 atom stereocenters. The van der Waals surface area contributed by atoms with Crippen LogP contribution in [0.15, 0.2) is 267 Å². The maximum atomic E-state index is 2.47. The number of rotatable bonds is 7. The highest BCUT2D eigenvalue weighted by Crippen LogP contribution is 2.64. The molecule has 0 fully saturated rings. The van der Waals surface area contributed by atoms with Crippen LogP contribution in [-0.4, -0.2) is 0 Å². The van der Waals surface area contributed by atoms with Gasteiger partial charge < -0.3 is 9.80 Å². The first-order chi connectivity index (χ1) is 35.5. The molecule has 3 aliphatic rings. The minimum atomic E-state index is -0.484. The van der Waals surface area contributed by atoms with Crippen LogP contribution >= 0.6 is 0 Å². The van der Waals surface area contributed by atoms with Crippen molar-refractivity contribution in [3.05, 3.63) is 300 Å². The summed E-state index contributed by atoms with van der Waals surface area (Å²) in [6.07, 6.45) is 0. The predicted octanol–water partition coefficient (Wildman–Crippen LogP) is 18.6. The predicted molar refractivity (Wildman–Crippen MR) is 301 cm³/mol. The summed E-state index contributed by atoms with van der Waals surface area (Å²) in [7, 11) is 0. The Morgan fingerprint density at radius 1 is 0.292 bits per heavy atom. The molecule has 0 saturated carbocycles. The van der Waals surface area contributed by atoms with Crippen LogP contribution in [0.1, 0.15) is 47.2 Å². The summed E-state index contributed by atoms with van der Waals surface area (Å²) in [5.74, 6) is 0. The van der Waals surface area contributed by atoms with Crippen molar-refractivity contribution in [1.29, 1.82) is 0 Å². The lowest BCUT2D eigenvalue weighted by Crippen LogP contribution is -2.36. The molecule has 1 spiro atoms. The highest BCUT2D eigenvalue weighted by atomic mass is 15.2. The Morgan fingerprint density at radius 2 is 0.750 bits per heavy atom. The van der Waals surface area contributed by atoms with Gasteiger partial charge in [0.1, 0.15) is 0 Å². The van der Waals surface area contributed by atoms with Crippen molar-refractivity contribution in [1.82, 2.24) is 0 Å². The van der Waals surface area contributed by atoms with Crippen molar-refractivity contribution >= 4 is 34.1 Å². The molecule has 1 heterocycles. The molecule has 2 heteroatoms. The van der Waals surface area contributed by atoms with Crippen LogP contribution < -0.4 is 9.80 Å². The molecule has 72 heavy (non-hydrogen) atoms. The van der Waals surface area contributed by atoms with E-state index in [1.54, 1.807) is 0 Å². The minimum Gasteiger partial charge on any atom is -0.310 e. The van der Waals surface area contributed by atoms with E-state index in [9.17, 15) is 0 Å². The van der Waals surface area contributed by atoms with Crippen LogP contribution in [0.5, 0.6) is 0 Å². The van der Waals surface area contributed by atoms with Crippen molar-refractivity contribution in [2.75, 3.05) is 9.80 Å². The highest BCUT2D eigenvalue weighted by molar-refractivity contribution is 5.97. The van der Waals surface area contributed by atoms with Crippen LogP contribution in [-0.2, 0) is 10.8 Å². The first-order valence-electron chi connectivity index (χ1n) is 25.2. The molecule has 0 amide bonds. The quantitative estimate of drug-likeness (QED) is 0.157. The maximum Gasteiger partial charge on any atom is 0.0754 e.